The molecule has 0 aliphatic carbocycles. The maximum atomic E-state index is 10.9. The Morgan fingerprint density at radius 2 is 1.64 bits per heavy atom. The minimum Gasteiger partial charge on any atom is -0.258 e. The van der Waals surface area contributed by atoms with Crippen LogP contribution >= 0.6 is 23.2 Å². The average molecular weight is 337 g/mol. The third kappa shape index (κ3) is 3.46. The highest BCUT2D eigenvalue weighted by atomic mass is 35.5. The van der Waals surface area contributed by atoms with Gasteiger partial charge in [-0.25, -0.2) is 0 Å². The van der Waals surface area contributed by atoms with Crippen LogP contribution in [-0.2, 0) is 0 Å². The molecular formula is C16H14Cl2N2O2. The summed E-state index contributed by atoms with van der Waals surface area (Å²) in [6.45, 7) is 5.96. The average Bonchev–Trinajstić information content (AvgIpc) is 2.39. The molecule has 0 unspecified atom stereocenters. The van der Waals surface area contributed by atoms with Crippen LogP contribution in [0.2, 0.25) is 10.0 Å². The van der Waals surface area contributed by atoms with Crippen LogP contribution in [0.15, 0.2) is 29.3 Å². The van der Waals surface area contributed by atoms with Gasteiger partial charge in [-0.2, -0.15) is 0 Å². The SMILES string of the molecule is Cc1cc(C)c(N=Cc2cc([N+](=O)[O-])c(Cl)cc2Cl)c(C)c1. The van der Waals surface area contributed by atoms with Gasteiger partial charge in [-0.05, 0) is 38.0 Å². The van der Waals surface area contributed by atoms with E-state index >= 15 is 0 Å². The van der Waals surface area contributed by atoms with Crippen molar-refractivity contribution in [2.24, 2.45) is 4.99 Å². The minimum atomic E-state index is -0.543. The number of rotatable bonds is 3. The summed E-state index contributed by atoms with van der Waals surface area (Å²) in [7, 11) is 0. The van der Waals surface area contributed by atoms with Crippen LogP contribution in [0.4, 0.5) is 11.4 Å². The fourth-order valence-corrected chi connectivity index (χ4v) is 2.80. The molecule has 2 rings (SSSR count). The van der Waals surface area contributed by atoms with Gasteiger partial charge in [0.1, 0.15) is 5.02 Å². The summed E-state index contributed by atoms with van der Waals surface area (Å²) in [6.07, 6.45) is 1.52. The first-order valence-electron chi connectivity index (χ1n) is 6.55. The largest absolute Gasteiger partial charge is 0.288 e. The van der Waals surface area contributed by atoms with Gasteiger partial charge in [0.15, 0.2) is 0 Å². The molecule has 0 radical (unpaired) electrons. The van der Waals surface area contributed by atoms with Crippen molar-refractivity contribution in [3.63, 3.8) is 0 Å². The standard InChI is InChI=1S/C16H14Cl2N2O2/c1-9-4-10(2)16(11(3)5-9)19-8-12-6-15(20(21)22)14(18)7-13(12)17/h4-8H,1-3H3. The van der Waals surface area contributed by atoms with Gasteiger partial charge in [-0.3, -0.25) is 15.1 Å². The van der Waals surface area contributed by atoms with Crippen molar-refractivity contribution in [2.75, 3.05) is 0 Å². The fourth-order valence-electron chi connectivity index (χ4n) is 2.30. The highest BCUT2D eigenvalue weighted by molar-refractivity contribution is 6.37. The quantitative estimate of drug-likeness (QED) is 0.417. The molecule has 0 saturated carbocycles. The van der Waals surface area contributed by atoms with Crippen molar-refractivity contribution in [2.45, 2.75) is 20.8 Å². The summed E-state index contributed by atoms with van der Waals surface area (Å²) in [5, 5.41) is 11.3. The molecule has 114 valence electrons. The second kappa shape index (κ2) is 6.46. The number of nitrogens with zero attached hydrogens (tertiary/aromatic N) is 2. The Hall–Kier alpha value is -1.91. The monoisotopic (exact) mass is 336 g/mol. The number of aryl methyl sites for hydroxylation is 3. The number of aliphatic imine (C=N–C) groups is 1. The van der Waals surface area contributed by atoms with Crippen molar-refractivity contribution in [3.8, 4) is 0 Å². The molecule has 0 fully saturated rings. The Labute approximate surface area is 138 Å². The van der Waals surface area contributed by atoms with Gasteiger partial charge >= 0.3 is 0 Å². The molecule has 2 aromatic carbocycles. The predicted molar refractivity (Wildman–Crippen MR) is 91.0 cm³/mol. The topological polar surface area (TPSA) is 55.5 Å². The van der Waals surface area contributed by atoms with Crippen LogP contribution in [0.3, 0.4) is 0 Å². The van der Waals surface area contributed by atoms with E-state index in [-0.39, 0.29) is 10.7 Å². The zero-order valence-corrected chi connectivity index (χ0v) is 13.9. The van der Waals surface area contributed by atoms with E-state index in [1.807, 2.05) is 32.9 Å². The zero-order valence-electron chi connectivity index (χ0n) is 12.4. The number of benzene rings is 2. The van der Waals surface area contributed by atoms with E-state index in [9.17, 15) is 10.1 Å². The second-order valence-corrected chi connectivity index (χ2v) is 5.90. The smallest absolute Gasteiger partial charge is 0.258 e. The lowest BCUT2D eigenvalue weighted by Gasteiger charge is -2.07. The third-order valence-corrected chi connectivity index (χ3v) is 3.86. The van der Waals surface area contributed by atoms with Crippen molar-refractivity contribution in [3.05, 3.63) is 66.7 Å². The predicted octanol–water partition coefficient (Wildman–Crippen LogP) is 5.58. The molecule has 6 heteroatoms. The van der Waals surface area contributed by atoms with Gasteiger partial charge in [0.2, 0.25) is 0 Å². The summed E-state index contributed by atoms with van der Waals surface area (Å²) < 4.78 is 0. The second-order valence-electron chi connectivity index (χ2n) is 5.09. The first-order valence-corrected chi connectivity index (χ1v) is 7.30. The van der Waals surface area contributed by atoms with Crippen molar-refractivity contribution in [1.82, 2.24) is 0 Å². The summed E-state index contributed by atoms with van der Waals surface area (Å²) in [6, 6.07) is 6.75. The molecule has 0 atom stereocenters. The molecule has 0 aromatic heterocycles. The highest BCUT2D eigenvalue weighted by Crippen LogP contribution is 2.31. The molecule has 0 aliphatic heterocycles. The molecule has 2 aromatic rings. The van der Waals surface area contributed by atoms with Gasteiger partial charge in [0.05, 0.1) is 15.6 Å². The summed E-state index contributed by atoms with van der Waals surface area (Å²) in [4.78, 5) is 14.8. The van der Waals surface area contributed by atoms with Crippen LogP contribution in [-0.4, -0.2) is 11.1 Å². The third-order valence-electron chi connectivity index (χ3n) is 3.23. The number of hydrogen-bond donors (Lipinski definition) is 0. The van der Waals surface area contributed by atoms with Gasteiger partial charge < -0.3 is 0 Å². The van der Waals surface area contributed by atoms with Gasteiger partial charge in [0, 0.05) is 17.8 Å². The molecule has 4 nitrogen and oxygen atoms in total. The molecule has 0 heterocycles. The fraction of sp³-hybridized carbons (Fsp3) is 0.188. The molecule has 0 bridgehead atoms. The molecule has 0 aliphatic rings. The summed E-state index contributed by atoms with van der Waals surface area (Å²) >= 11 is 11.9. The summed E-state index contributed by atoms with van der Waals surface area (Å²) in [5.74, 6) is 0. The Bertz CT molecular complexity index is 763. The van der Waals surface area contributed by atoms with E-state index in [4.69, 9.17) is 23.2 Å². The van der Waals surface area contributed by atoms with E-state index in [2.05, 4.69) is 4.99 Å². The maximum Gasteiger partial charge on any atom is 0.288 e. The first kappa shape index (κ1) is 16.5. The minimum absolute atomic E-state index is 0.00912. The highest BCUT2D eigenvalue weighted by Gasteiger charge is 2.15. The van der Waals surface area contributed by atoms with Crippen LogP contribution in [0, 0.1) is 30.9 Å². The Morgan fingerprint density at radius 3 is 2.18 bits per heavy atom. The molecule has 0 spiro atoms. The lowest BCUT2D eigenvalue weighted by atomic mass is 10.1. The number of nitro benzene ring substituents is 1. The molecule has 0 amide bonds. The van der Waals surface area contributed by atoms with Crippen molar-refractivity contribution >= 4 is 40.8 Å². The Kier molecular flexibility index (Phi) is 4.84. The lowest BCUT2D eigenvalue weighted by molar-refractivity contribution is -0.384. The van der Waals surface area contributed by atoms with Crippen molar-refractivity contribution < 1.29 is 4.92 Å². The van der Waals surface area contributed by atoms with Crippen LogP contribution < -0.4 is 0 Å². The van der Waals surface area contributed by atoms with E-state index < -0.39 is 4.92 Å². The maximum absolute atomic E-state index is 10.9. The van der Waals surface area contributed by atoms with Crippen LogP contribution in [0.5, 0.6) is 0 Å². The Balaban J connectivity index is 2.47. The number of halogens is 2. The number of hydrogen-bond acceptors (Lipinski definition) is 3. The van der Waals surface area contributed by atoms with E-state index in [1.165, 1.54) is 18.3 Å². The van der Waals surface area contributed by atoms with E-state index in [0.717, 1.165) is 22.4 Å². The zero-order chi connectivity index (χ0) is 16.4. The molecule has 22 heavy (non-hydrogen) atoms. The first-order chi connectivity index (χ1) is 10.3. The van der Waals surface area contributed by atoms with E-state index in [1.54, 1.807) is 0 Å². The normalized spacial score (nSPS) is 11.1. The van der Waals surface area contributed by atoms with Crippen LogP contribution in [0.1, 0.15) is 22.3 Å². The van der Waals surface area contributed by atoms with Crippen LogP contribution in [0.25, 0.3) is 0 Å². The van der Waals surface area contributed by atoms with Gasteiger partial charge in [0.25, 0.3) is 5.69 Å². The summed E-state index contributed by atoms with van der Waals surface area (Å²) in [5.41, 5.74) is 4.33. The van der Waals surface area contributed by atoms with Gasteiger partial charge in [-0.1, -0.05) is 40.9 Å². The molecule has 0 saturated heterocycles. The lowest BCUT2D eigenvalue weighted by Crippen LogP contribution is -1.93. The van der Waals surface area contributed by atoms with Crippen molar-refractivity contribution in [1.29, 1.82) is 0 Å². The molecular weight excluding hydrogens is 323 g/mol. The Morgan fingerprint density at radius 1 is 1.05 bits per heavy atom. The number of nitro groups is 1. The molecule has 0 N–H and O–H groups in total. The van der Waals surface area contributed by atoms with Gasteiger partial charge in [-0.15, -0.1) is 0 Å². The van der Waals surface area contributed by atoms with E-state index in [0.29, 0.717) is 10.6 Å².